The van der Waals surface area contributed by atoms with Crippen LogP contribution < -0.4 is 19.5 Å². The van der Waals surface area contributed by atoms with Gasteiger partial charge < -0.3 is 19.5 Å². The number of carbonyl (C=O) groups excluding carboxylic acids is 1. The van der Waals surface area contributed by atoms with Crippen molar-refractivity contribution in [1.29, 1.82) is 0 Å². The molecule has 0 aromatic heterocycles. The zero-order valence-corrected chi connectivity index (χ0v) is 15.1. The van der Waals surface area contributed by atoms with Gasteiger partial charge in [-0.3, -0.25) is 4.79 Å². The van der Waals surface area contributed by atoms with E-state index in [0.29, 0.717) is 30.3 Å². The van der Waals surface area contributed by atoms with Crippen LogP contribution in [0.3, 0.4) is 0 Å². The monoisotopic (exact) mass is 363 g/mol. The summed E-state index contributed by atoms with van der Waals surface area (Å²) < 4.78 is 16.1. The van der Waals surface area contributed by atoms with E-state index in [1.807, 2.05) is 18.2 Å². The van der Waals surface area contributed by atoms with Gasteiger partial charge in [-0.15, -0.1) is 0 Å². The molecule has 0 spiro atoms. The molecule has 2 rings (SSSR count). The average Bonchev–Trinajstić information content (AvgIpc) is 2.63. The molecular weight excluding hydrogens is 342 g/mol. The number of halogens is 1. The van der Waals surface area contributed by atoms with Gasteiger partial charge >= 0.3 is 0 Å². The van der Waals surface area contributed by atoms with Crippen molar-refractivity contribution in [3.63, 3.8) is 0 Å². The molecule has 134 valence electrons. The van der Waals surface area contributed by atoms with E-state index in [0.717, 1.165) is 17.1 Å². The van der Waals surface area contributed by atoms with E-state index in [4.69, 9.17) is 25.8 Å². The molecule has 2 aromatic rings. The Morgan fingerprint density at radius 3 is 2.44 bits per heavy atom. The van der Waals surface area contributed by atoms with Gasteiger partial charge in [0.15, 0.2) is 0 Å². The van der Waals surface area contributed by atoms with Gasteiger partial charge in [-0.2, -0.15) is 0 Å². The molecule has 0 saturated carbocycles. The minimum absolute atomic E-state index is 0.0594. The largest absolute Gasteiger partial charge is 0.497 e. The first-order chi connectivity index (χ1) is 12.1. The Hall–Kier alpha value is -2.40. The molecule has 0 atom stereocenters. The highest BCUT2D eigenvalue weighted by molar-refractivity contribution is 6.30. The van der Waals surface area contributed by atoms with E-state index in [2.05, 4.69) is 5.32 Å². The summed E-state index contributed by atoms with van der Waals surface area (Å²) in [5, 5.41) is 3.53. The molecule has 0 aliphatic heterocycles. The predicted octanol–water partition coefficient (Wildman–Crippen LogP) is 3.49. The third-order valence-electron chi connectivity index (χ3n) is 3.62. The van der Waals surface area contributed by atoms with Gasteiger partial charge in [-0.25, -0.2) is 0 Å². The lowest BCUT2D eigenvalue weighted by Crippen LogP contribution is -2.27. The number of amides is 1. The van der Waals surface area contributed by atoms with Crippen molar-refractivity contribution in [3.05, 3.63) is 53.1 Å². The quantitative estimate of drug-likeness (QED) is 0.741. The van der Waals surface area contributed by atoms with Crippen LogP contribution in [-0.4, -0.2) is 33.3 Å². The number of methoxy groups -OCH3 is 2. The minimum Gasteiger partial charge on any atom is -0.497 e. The van der Waals surface area contributed by atoms with Crippen LogP contribution in [0.1, 0.15) is 12.0 Å². The van der Waals surface area contributed by atoms with Gasteiger partial charge in [-0.05, 0) is 54.4 Å². The first-order valence-corrected chi connectivity index (χ1v) is 8.36. The molecule has 0 bridgehead atoms. The van der Waals surface area contributed by atoms with Crippen LogP contribution in [0.4, 0.5) is 0 Å². The lowest BCUT2D eigenvalue weighted by molar-refractivity contribution is -0.121. The maximum atomic E-state index is 11.9. The fourth-order valence-electron chi connectivity index (χ4n) is 2.29. The van der Waals surface area contributed by atoms with E-state index in [-0.39, 0.29) is 12.3 Å². The van der Waals surface area contributed by atoms with Crippen molar-refractivity contribution < 1.29 is 19.0 Å². The van der Waals surface area contributed by atoms with Gasteiger partial charge in [-0.1, -0.05) is 11.6 Å². The number of benzene rings is 2. The fraction of sp³-hybridized carbons (Fsp3) is 0.316. The van der Waals surface area contributed by atoms with Gasteiger partial charge in [0.2, 0.25) is 5.91 Å². The van der Waals surface area contributed by atoms with Crippen molar-refractivity contribution in [2.45, 2.75) is 12.8 Å². The van der Waals surface area contributed by atoms with Crippen molar-refractivity contribution in [2.75, 3.05) is 27.4 Å². The lowest BCUT2D eigenvalue weighted by atomic mass is 10.1. The number of nitrogens with one attached hydrogen (secondary N) is 1. The standard InChI is InChI=1S/C19H22ClNO4/c1-23-17-7-8-18(24-2)14(13-17)9-11-21-19(22)10-12-25-16-5-3-15(20)4-6-16/h3-8,13H,9-12H2,1-2H3,(H,21,22). The fourth-order valence-corrected chi connectivity index (χ4v) is 2.42. The maximum absolute atomic E-state index is 11.9. The Labute approximate surface area is 152 Å². The molecule has 2 aromatic carbocycles. The predicted molar refractivity (Wildman–Crippen MR) is 97.8 cm³/mol. The summed E-state index contributed by atoms with van der Waals surface area (Å²) in [6.07, 6.45) is 0.946. The summed E-state index contributed by atoms with van der Waals surface area (Å²) in [6.45, 7) is 0.833. The summed E-state index contributed by atoms with van der Waals surface area (Å²) in [4.78, 5) is 11.9. The van der Waals surface area contributed by atoms with Gasteiger partial charge in [0.1, 0.15) is 17.2 Å². The summed E-state index contributed by atoms with van der Waals surface area (Å²) in [5.41, 5.74) is 0.986. The first-order valence-electron chi connectivity index (χ1n) is 7.98. The van der Waals surface area contributed by atoms with Crippen LogP contribution >= 0.6 is 11.6 Å². The normalized spacial score (nSPS) is 10.2. The number of hydrogen-bond acceptors (Lipinski definition) is 4. The van der Waals surface area contributed by atoms with Crippen LogP contribution in [0.15, 0.2) is 42.5 Å². The highest BCUT2D eigenvalue weighted by atomic mass is 35.5. The number of hydrogen-bond donors (Lipinski definition) is 1. The lowest BCUT2D eigenvalue weighted by Gasteiger charge is -2.11. The second-order valence-corrected chi connectivity index (χ2v) is 5.77. The third-order valence-corrected chi connectivity index (χ3v) is 3.87. The SMILES string of the molecule is COc1ccc(OC)c(CCNC(=O)CCOc2ccc(Cl)cc2)c1. The highest BCUT2D eigenvalue weighted by Crippen LogP contribution is 2.24. The van der Waals surface area contributed by atoms with Gasteiger partial charge in [0, 0.05) is 11.6 Å². The highest BCUT2D eigenvalue weighted by Gasteiger charge is 2.07. The molecule has 0 aliphatic rings. The van der Waals surface area contributed by atoms with Crippen molar-refractivity contribution >= 4 is 17.5 Å². The molecule has 25 heavy (non-hydrogen) atoms. The number of ether oxygens (including phenoxy) is 3. The van der Waals surface area contributed by atoms with E-state index in [9.17, 15) is 4.79 Å². The van der Waals surface area contributed by atoms with Gasteiger partial charge in [0.25, 0.3) is 0 Å². The molecule has 6 heteroatoms. The van der Waals surface area contributed by atoms with Crippen molar-refractivity contribution in [1.82, 2.24) is 5.32 Å². The molecule has 0 unspecified atom stereocenters. The molecule has 0 heterocycles. The van der Waals surface area contributed by atoms with Crippen molar-refractivity contribution in [3.8, 4) is 17.2 Å². The molecule has 0 fully saturated rings. The summed E-state index contributed by atoms with van der Waals surface area (Å²) in [5.74, 6) is 2.17. The van der Waals surface area contributed by atoms with Crippen LogP contribution in [0.2, 0.25) is 5.02 Å². The Morgan fingerprint density at radius 2 is 1.76 bits per heavy atom. The second kappa shape index (κ2) is 9.79. The Kier molecular flexibility index (Phi) is 7.41. The van der Waals surface area contributed by atoms with E-state index < -0.39 is 0 Å². The second-order valence-electron chi connectivity index (χ2n) is 5.33. The molecule has 1 N–H and O–H groups in total. The maximum Gasteiger partial charge on any atom is 0.223 e. The van der Waals surface area contributed by atoms with Crippen LogP contribution in [-0.2, 0) is 11.2 Å². The minimum atomic E-state index is -0.0594. The molecule has 0 saturated heterocycles. The Bertz CT molecular complexity index is 688. The topological polar surface area (TPSA) is 56.8 Å². The summed E-state index contributed by atoms with van der Waals surface area (Å²) in [7, 11) is 3.24. The molecule has 1 amide bonds. The average molecular weight is 364 g/mol. The smallest absolute Gasteiger partial charge is 0.223 e. The number of carbonyl (C=O) groups is 1. The van der Waals surface area contributed by atoms with Crippen LogP contribution in [0.5, 0.6) is 17.2 Å². The zero-order valence-electron chi connectivity index (χ0n) is 14.4. The molecule has 5 nitrogen and oxygen atoms in total. The van der Waals surface area contributed by atoms with Crippen molar-refractivity contribution in [2.24, 2.45) is 0 Å². The van der Waals surface area contributed by atoms with Gasteiger partial charge in [0.05, 0.1) is 27.2 Å². The van der Waals surface area contributed by atoms with Crippen LogP contribution in [0, 0.1) is 0 Å². The zero-order chi connectivity index (χ0) is 18.1. The van der Waals surface area contributed by atoms with E-state index in [1.165, 1.54) is 0 Å². The number of rotatable bonds is 9. The summed E-state index contributed by atoms with van der Waals surface area (Å²) in [6, 6.07) is 12.7. The van der Waals surface area contributed by atoms with Crippen LogP contribution in [0.25, 0.3) is 0 Å². The Balaban J connectivity index is 1.72. The molecular formula is C19H22ClNO4. The molecule has 0 radical (unpaired) electrons. The summed E-state index contributed by atoms with van der Waals surface area (Å²) >= 11 is 5.81. The first kappa shape index (κ1) is 18.9. The third kappa shape index (κ3) is 6.19. The molecule has 0 aliphatic carbocycles. The van der Waals surface area contributed by atoms with E-state index >= 15 is 0 Å². The van der Waals surface area contributed by atoms with E-state index in [1.54, 1.807) is 38.5 Å². The Morgan fingerprint density at radius 1 is 1.04 bits per heavy atom.